The van der Waals surface area contributed by atoms with E-state index in [0.717, 1.165) is 17.0 Å². The summed E-state index contributed by atoms with van der Waals surface area (Å²) in [6, 6.07) is 26.3. The minimum Gasteiger partial charge on any atom is -0.477 e. The summed E-state index contributed by atoms with van der Waals surface area (Å²) in [5.74, 6) is 0.479. The fraction of sp³-hybridized carbons (Fsp3) is 0.200. The van der Waals surface area contributed by atoms with E-state index in [0.29, 0.717) is 41.6 Å². The van der Waals surface area contributed by atoms with Crippen LogP contribution in [0, 0.1) is 13.8 Å². The average molecular weight is 508 g/mol. The Morgan fingerprint density at radius 2 is 1.66 bits per heavy atom. The molecule has 4 aromatic rings. The van der Waals surface area contributed by atoms with Crippen LogP contribution in [-0.4, -0.2) is 41.0 Å². The van der Waals surface area contributed by atoms with Gasteiger partial charge >= 0.3 is 0 Å². The molecule has 0 fully saturated rings. The monoisotopic (exact) mass is 507 g/mol. The second kappa shape index (κ2) is 11.1. The van der Waals surface area contributed by atoms with E-state index in [1.807, 2.05) is 74.5 Å². The number of carbonyl (C=O) groups excluding carboxylic acids is 2. The summed E-state index contributed by atoms with van der Waals surface area (Å²) in [5.41, 5.74) is 4.63. The van der Waals surface area contributed by atoms with Crippen molar-refractivity contribution in [2.75, 3.05) is 23.3 Å². The van der Waals surface area contributed by atoms with Gasteiger partial charge in [-0.05, 0) is 62.2 Å². The quantitative estimate of drug-likeness (QED) is 0.379. The molecule has 38 heavy (non-hydrogen) atoms. The van der Waals surface area contributed by atoms with E-state index in [1.165, 1.54) is 0 Å². The molecule has 2 heterocycles. The molecular weight excluding hydrogens is 478 g/mol. The molecule has 1 aliphatic heterocycles. The number of ether oxygens (including phenoxy) is 1. The molecule has 1 aromatic heterocycles. The van der Waals surface area contributed by atoms with Gasteiger partial charge in [0.2, 0.25) is 5.95 Å². The first kappa shape index (κ1) is 25.0. The molecule has 1 aliphatic rings. The predicted molar refractivity (Wildman–Crippen MR) is 147 cm³/mol. The van der Waals surface area contributed by atoms with Crippen LogP contribution >= 0.6 is 0 Å². The predicted octanol–water partition coefficient (Wildman–Crippen LogP) is 4.60. The molecule has 1 unspecified atom stereocenters. The summed E-state index contributed by atoms with van der Waals surface area (Å²) in [4.78, 5) is 37.2. The number of nitrogens with zero attached hydrogens (tertiary/aromatic N) is 3. The lowest BCUT2D eigenvalue weighted by Crippen LogP contribution is -2.51. The van der Waals surface area contributed by atoms with Crippen molar-refractivity contribution in [3.05, 3.63) is 107 Å². The van der Waals surface area contributed by atoms with E-state index in [2.05, 4.69) is 20.6 Å². The van der Waals surface area contributed by atoms with Gasteiger partial charge in [-0.15, -0.1) is 0 Å². The molecular formula is C30H29N5O3. The molecule has 1 atom stereocenters. The van der Waals surface area contributed by atoms with Crippen LogP contribution in [0.2, 0.25) is 0 Å². The number of fused-ring (bicyclic) bond motifs is 1. The molecule has 8 heteroatoms. The maximum Gasteiger partial charge on any atom is 0.262 e. The Morgan fingerprint density at radius 1 is 0.921 bits per heavy atom. The van der Waals surface area contributed by atoms with Crippen LogP contribution in [0.3, 0.4) is 0 Å². The van der Waals surface area contributed by atoms with Crippen LogP contribution < -0.4 is 20.3 Å². The highest BCUT2D eigenvalue weighted by molar-refractivity contribution is 6.08. The third-order valence-corrected chi connectivity index (χ3v) is 6.21. The molecule has 0 saturated heterocycles. The van der Waals surface area contributed by atoms with E-state index in [9.17, 15) is 9.59 Å². The molecule has 5 rings (SSSR count). The van der Waals surface area contributed by atoms with Gasteiger partial charge in [0, 0.05) is 29.2 Å². The number of amides is 2. The highest BCUT2D eigenvalue weighted by Crippen LogP contribution is 2.34. The Labute approximate surface area is 221 Å². The maximum absolute atomic E-state index is 13.7. The van der Waals surface area contributed by atoms with E-state index < -0.39 is 6.10 Å². The zero-order valence-electron chi connectivity index (χ0n) is 21.3. The van der Waals surface area contributed by atoms with Gasteiger partial charge in [0.1, 0.15) is 5.75 Å². The number of hydrogen-bond acceptors (Lipinski definition) is 6. The van der Waals surface area contributed by atoms with Gasteiger partial charge < -0.3 is 20.3 Å². The normalized spacial score (nSPS) is 14.3. The van der Waals surface area contributed by atoms with E-state index in [-0.39, 0.29) is 18.4 Å². The van der Waals surface area contributed by atoms with Gasteiger partial charge in [-0.3, -0.25) is 9.59 Å². The molecule has 0 saturated carbocycles. The minimum atomic E-state index is -0.824. The highest BCUT2D eigenvalue weighted by atomic mass is 16.5. The second-order valence-electron chi connectivity index (χ2n) is 9.20. The summed E-state index contributed by atoms with van der Waals surface area (Å²) in [6.45, 7) is 4.39. The number of hydrogen-bond donors (Lipinski definition) is 2. The standard InChI is InChI=1S/C30H29N5O3/c1-20-17-21(2)33-30(32-20)34-24-12-8-11-23(18-24)29(37)35-19-27(38-26-14-7-6-13-25(26)35)28(36)31-16-15-22-9-4-3-5-10-22/h3-14,17-18,27H,15-16,19H2,1-2H3,(H,31,36)(H,32,33,34). The average Bonchev–Trinajstić information content (AvgIpc) is 2.92. The summed E-state index contributed by atoms with van der Waals surface area (Å²) >= 11 is 0. The first-order chi connectivity index (χ1) is 18.5. The summed E-state index contributed by atoms with van der Waals surface area (Å²) in [6.07, 6.45) is -0.114. The summed E-state index contributed by atoms with van der Waals surface area (Å²) in [7, 11) is 0. The van der Waals surface area contributed by atoms with Gasteiger partial charge in [0.15, 0.2) is 6.10 Å². The van der Waals surface area contributed by atoms with Crippen molar-refractivity contribution in [1.82, 2.24) is 15.3 Å². The summed E-state index contributed by atoms with van der Waals surface area (Å²) in [5, 5.41) is 6.14. The molecule has 0 bridgehead atoms. The number of aromatic nitrogens is 2. The van der Waals surface area contributed by atoms with E-state index >= 15 is 0 Å². The van der Waals surface area contributed by atoms with Crippen LogP contribution in [0.1, 0.15) is 27.3 Å². The third kappa shape index (κ3) is 5.81. The van der Waals surface area contributed by atoms with Crippen LogP contribution in [0.5, 0.6) is 5.75 Å². The molecule has 2 amide bonds. The Hall–Kier alpha value is -4.72. The molecule has 3 aromatic carbocycles. The van der Waals surface area contributed by atoms with E-state index in [1.54, 1.807) is 29.2 Å². The highest BCUT2D eigenvalue weighted by Gasteiger charge is 2.34. The van der Waals surface area contributed by atoms with Crippen molar-refractivity contribution in [3.63, 3.8) is 0 Å². The lowest BCUT2D eigenvalue weighted by molar-refractivity contribution is -0.127. The number of anilines is 3. The summed E-state index contributed by atoms with van der Waals surface area (Å²) < 4.78 is 6.00. The van der Waals surface area contributed by atoms with Crippen molar-refractivity contribution in [2.45, 2.75) is 26.4 Å². The lowest BCUT2D eigenvalue weighted by Gasteiger charge is -2.34. The third-order valence-electron chi connectivity index (χ3n) is 6.21. The lowest BCUT2D eigenvalue weighted by atomic mass is 10.1. The number of para-hydroxylation sites is 2. The van der Waals surface area contributed by atoms with Gasteiger partial charge in [0.25, 0.3) is 11.8 Å². The van der Waals surface area contributed by atoms with Crippen molar-refractivity contribution < 1.29 is 14.3 Å². The topological polar surface area (TPSA) is 96.5 Å². The van der Waals surface area contributed by atoms with Crippen LogP contribution in [0.25, 0.3) is 0 Å². The van der Waals surface area contributed by atoms with Crippen molar-refractivity contribution in [2.24, 2.45) is 0 Å². The van der Waals surface area contributed by atoms with Crippen molar-refractivity contribution in [3.8, 4) is 5.75 Å². The molecule has 0 radical (unpaired) electrons. The van der Waals surface area contributed by atoms with Gasteiger partial charge in [-0.1, -0.05) is 48.5 Å². The first-order valence-corrected chi connectivity index (χ1v) is 12.5. The van der Waals surface area contributed by atoms with Crippen LogP contribution in [-0.2, 0) is 11.2 Å². The second-order valence-corrected chi connectivity index (χ2v) is 9.20. The van der Waals surface area contributed by atoms with Gasteiger partial charge in [0.05, 0.1) is 12.2 Å². The number of aryl methyl sites for hydroxylation is 2. The van der Waals surface area contributed by atoms with Crippen molar-refractivity contribution >= 4 is 29.1 Å². The van der Waals surface area contributed by atoms with Crippen molar-refractivity contribution in [1.29, 1.82) is 0 Å². The van der Waals surface area contributed by atoms with Gasteiger partial charge in [-0.2, -0.15) is 0 Å². The molecule has 0 aliphatic carbocycles. The van der Waals surface area contributed by atoms with E-state index in [4.69, 9.17) is 4.74 Å². The fourth-order valence-corrected chi connectivity index (χ4v) is 4.45. The van der Waals surface area contributed by atoms with Crippen LogP contribution in [0.4, 0.5) is 17.3 Å². The maximum atomic E-state index is 13.7. The minimum absolute atomic E-state index is 0.102. The Balaban J connectivity index is 1.32. The first-order valence-electron chi connectivity index (χ1n) is 12.5. The smallest absolute Gasteiger partial charge is 0.262 e. The molecule has 8 nitrogen and oxygen atoms in total. The Bertz CT molecular complexity index is 1440. The SMILES string of the molecule is Cc1cc(C)nc(Nc2cccc(C(=O)N3CC(C(=O)NCCc4ccccc4)Oc4ccccc43)c2)n1. The number of benzene rings is 3. The molecule has 0 spiro atoms. The largest absolute Gasteiger partial charge is 0.477 e. The van der Waals surface area contributed by atoms with Gasteiger partial charge in [-0.25, -0.2) is 9.97 Å². The number of rotatable bonds is 7. The molecule has 192 valence electrons. The fourth-order valence-electron chi connectivity index (χ4n) is 4.45. The molecule has 2 N–H and O–H groups in total. The zero-order chi connectivity index (χ0) is 26.5. The number of nitrogens with one attached hydrogen (secondary N) is 2. The zero-order valence-corrected chi connectivity index (χ0v) is 21.3. The number of carbonyl (C=O) groups is 2. The Kier molecular flexibility index (Phi) is 7.31. The Morgan fingerprint density at radius 3 is 2.45 bits per heavy atom. The van der Waals surface area contributed by atoms with Crippen LogP contribution in [0.15, 0.2) is 84.9 Å².